The van der Waals surface area contributed by atoms with Crippen LogP contribution in [-0.4, -0.2) is 32.1 Å². The van der Waals surface area contributed by atoms with Gasteiger partial charge in [-0.1, -0.05) is 0 Å². The summed E-state index contributed by atoms with van der Waals surface area (Å²) in [6, 6.07) is 0.115. The van der Waals surface area contributed by atoms with E-state index in [-0.39, 0.29) is 11.9 Å². The van der Waals surface area contributed by atoms with Gasteiger partial charge in [0.1, 0.15) is 5.01 Å². The average molecular weight is 304 g/mol. The number of nitrogens with zero attached hydrogens (tertiary/aromatic N) is 4. The average Bonchev–Trinajstić information content (AvgIpc) is 3.04. The number of carbonyl (C=O) groups is 1. The van der Waals surface area contributed by atoms with E-state index in [2.05, 4.69) is 15.5 Å². The van der Waals surface area contributed by atoms with Crippen molar-refractivity contribution in [2.24, 2.45) is 7.05 Å². The van der Waals surface area contributed by atoms with Crippen molar-refractivity contribution in [1.29, 1.82) is 0 Å². The quantitative estimate of drug-likeness (QED) is 0.857. The van der Waals surface area contributed by atoms with Gasteiger partial charge in [-0.3, -0.25) is 9.48 Å². The molecule has 0 spiro atoms. The summed E-state index contributed by atoms with van der Waals surface area (Å²) in [5.41, 5.74) is 2.53. The number of rotatable bonds is 2. The van der Waals surface area contributed by atoms with E-state index < -0.39 is 0 Å². The molecule has 0 bridgehead atoms. The molecule has 1 saturated heterocycles. The van der Waals surface area contributed by atoms with Crippen LogP contribution in [0.4, 0.5) is 0 Å². The number of thiazole rings is 1. The molecular formula is C15H20N4OS. The molecule has 3 rings (SSSR count). The highest BCUT2D eigenvalue weighted by Gasteiger charge is 2.31. The van der Waals surface area contributed by atoms with E-state index in [0.717, 1.165) is 42.2 Å². The summed E-state index contributed by atoms with van der Waals surface area (Å²) in [5.74, 6) is 0.0816. The van der Waals surface area contributed by atoms with Gasteiger partial charge in [-0.05, 0) is 33.1 Å². The van der Waals surface area contributed by atoms with E-state index in [1.807, 2.05) is 32.0 Å². The van der Waals surface area contributed by atoms with Crippen LogP contribution in [0.3, 0.4) is 0 Å². The van der Waals surface area contributed by atoms with Crippen molar-refractivity contribution in [1.82, 2.24) is 19.7 Å². The van der Waals surface area contributed by atoms with Gasteiger partial charge >= 0.3 is 0 Å². The van der Waals surface area contributed by atoms with Crippen LogP contribution in [0.25, 0.3) is 0 Å². The van der Waals surface area contributed by atoms with Crippen LogP contribution in [0.15, 0.2) is 11.6 Å². The second-order valence-corrected chi connectivity index (χ2v) is 6.53. The molecule has 1 fully saturated rings. The van der Waals surface area contributed by atoms with Crippen molar-refractivity contribution in [3.8, 4) is 0 Å². The Labute approximate surface area is 128 Å². The van der Waals surface area contributed by atoms with E-state index in [9.17, 15) is 4.79 Å². The smallest absolute Gasteiger partial charge is 0.257 e. The number of aromatic nitrogens is 3. The first-order valence-corrected chi connectivity index (χ1v) is 8.17. The van der Waals surface area contributed by atoms with Gasteiger partial charge in [0.25, 0.3) is 5.91 Å². The summed E-state index contributed by atoms with van der Waals surface area (Å²) >= 11 is 1.66. The Morgan fingerprint density at radius 3 is 2.81 bits per heavy atom. The van der Waals surface area contributed by atoms with Gasteiger partial charge in [0, 0.05) is 30.9 Å². The molecule has 1 aliphatic heterocycles. The maximum atomic E-state index is 12.9. The molecule has 0 radical (unpaired) electrons. The molecule has 0 aliphatic carbocycles. The van der Waals surface area contributed by atoms with Crippen LogP contribution in [0, 0.1) is 13.8 Å². The minimum atomic E-state index is 0.0816. The van der Waals surface area contributed by atoms with Crippen molar-refractivity contribution < 1.29 is 4.79 Å². The fourth-order valence-electron chi connectivity index (χ4n) is 2.92. The van der Waals surface area contributed by atoms with Crippen molar-refractivity contribution in [3.63, 3.8) is 0 Å². The molecule has 0 N–H and O–H groups in total. The van der Waals surface area contributed by atoms with E-state index in [1.165, 1.54) is 0 Å². The first-order chi connectivity index (χ1) is 10.1. The normalized spacial score (nSPS) is 19.0. The standard InChI is InChI=1S/C15H20N4OS/c1-10-9-21-14(16-10)13-6-4-5-7-19(13)15(20)12-8-18(3)17-11(12)2/h8-9,13H,4-7H2,1-3H3. The first kappa shape index (κ1) is 14.3. The van der Waals surface area contributed by atoms with Gasteiger partial charge in [0.05, 0.1) is 17.3 Å². The van der Waals surface area contributed by atoms with E-state index >= 15 is 0 Å². The zero-order chi connectivity index (χ0) is 15.0. The zero-order valence-electron chi connectivity index (χ0n) is 12.7. The molecule has 1 unspecified atom stereocenters. The Kier molecular flexibility index (Phi) is 3.80. The Hall–Kier alpha value is -1.69. The fraction of sp³-hybridized carbons (Fsp3) is 0.533. The third-order valence-corrected chi connectivity index (χ3v) is 4.99. The van der Waals surface area contributed by atoms with Gasteiger partial charge in [-0.2, -0.15) is 5.10 Å². The summed E-state index contributed by atoms with van der Waals surface area (Å²) < 4.78 is 1.70. The number of amides is 1. The van der Waals surface area contributed by atoms with Crippen molar-refractivity contribution in [2.75, 3.05) is 6.54 Å². The minimum Gasteiger partial charge on any atom is -0.329 e. The second-order valence-electron chi connectivity index (χ2n) is 5.64. The highest BCUT2D eigenvalue weighted by molar-refractivity contribution is 7.09. The molecule has 1 atom stereocenters. The number of hydrogen-bond acceptors (Lipinski definition) is 4. The molecule has 6 heteroatoms. The highest BCUT2D eigenvalue weighted by Crippen LogP contribution is 2.34. The third-order valence-electron chi connectivity index (χ3n) is 3.93. The van der Waals surface area contributed by atoms with Crippen molar-refractivity contribution in [2.45, 2.75) is 39.2 Å². The van der Waals surface area contributed by atoms with Crippen molar-refractivity contribution in [3.05, 3.63) is 33.5 Å². The second kappa shape index (κ2) is 5.60. The molecule has 0 saturated carbocycles. The zero-order valence-corrected chi connectivity index (χ0v) is 13.5. The Balaban J connectivity index is 1.90. The lowest BCUT2D eigenvalue weighted by Crippen LogP contribution is -2.38. The minimum absolute atomic E-state index is 0.0816. The lowest BCUT2D eigenvalue weighted by Gasteiger charge is -2.34. The van der Waals surface area contributed by atoms with Crippen LogP contribution in [-0.2, 0) is 7.05 Å². The van der Waals surface area contributed by atoms with Gasteiger partial charge in [0.15, 0.2) is 0 Å². The van der Waals surface area contributed by atoms with Crippen LogP contribution >= 0.6 is 11.3 Å². The van der Waals surface area contributed by atoms with Gasteiger partial charge in [-0.25, -0.2) is 4.98 Å². The molecule has 0 aromatic carbocycles. The Morgan fingerprint density at radius 2 is 2.19 bits per heavy atom. The number of likely N-dealkylation sites (tertiary alicyclic amines) is 1. The largest absolute Gasteiger partial charge is 0.329 e. The maximum Gasteiger partial charge on any atom is 0.257 e. The van der Waals surface area contributed by atoms with Crippen molar-refractivity contribution >= 4 is 17.2 Å². The lowest BCUT2D eigenvalue weighted by molar-refractivity contribution is 0.0610. The van der Waals surface area contributed by atoms with Crippen LogP contribution < -0.4 is 0 Å². The van der Waals surface area contributed by atoms with Crippen LogP contribution in [0.1, 0.15) is 52.1 Å². The Morgan fingerprint density at radius 1 is 1.38 bits per heavy atom. The van der Waals surface area contributed by atoms with Gasteiger partial charge in [-0.15, -0.1) is 11.3 Å². The fourth-order valence-corrected chi connectivity index (χ4v) is 3.86. The summed E-state index contributed by atoms with van der Waals surface area (Å²) in [6.45, 7) is 4.69. The number of aryl methyl sites for hydroxylation is 3. The molecule has 1 aliphatic rings. The topological polar surface area (TPSA) is 51.0 Å². The van der Waals surface area contributed by atoms with Gasteiger partial charge < -0.3 is 4.90 Å². The molecule has 2 aromatic rings. The summed E-state index contributed by atoms with van der Waals surface area (Å²) in [6.07, 6.45) is 5.03. The summed E-state index contributed by atoms with van der Waals surface area (Å²) in [7, 11) is 1.85. The SMILES string of the molecule is Cc1csc(C2CCCCN2C(=O)c2cn(C)nc2C)n1. The van der Waals surface area contributed by atoms with E-state index in [1.54, 1.807) is 16.0 Å². The molecule has 2 aromatic heterocycles. The molecule has 5 nitrogen and oxygen atoms in total. The highest BCUT2D eigenvalue weighted by atomic mass is 32.1. The number of carbonyl (C=O) groups excluding carboxylic acids is 1. The molecule has 3 heterocycles. The summed E-state index contributed by atoms with van der Waals surface area (Å²) in [5, 5.41) is 7.40. The third kappa shape index (κ3) is 2.72. The number of piperidine rings is 1. The van der Waals surface area contributed by atoms with Crippen LogP contribution in [0.5, 0.6) is 0 Å². The van der Waals surface area contributed by atoms with E-state index in [0.29, 0.717) is 5.56 Å². The predicted octanol–water partition coefficient (Wildman–Crippen LogP) is 2.86. The van der Waals surface area contributed by atoms with Gasteiger partial charge in [0.2, 0.25) is 0 Å². The predicted molar refractivity (Wildman–Crippen MR) is 82.4 cm³/mol. The molecule has 21 heavy (non-hydrogen) atoms. The Bertz CT molecular complexity index is 660. The monoisotopic (exact) mass is 304 g/mol. The van der Waals surface area contributed by atoms with Crippen LogP contribution in [0.2, 0.25) is 0 Å². The first-order valence-electron chi connectivity index (χ1n) is 7.29. The summed E-state index contributed by atoms with van der Waals surface area (Å²) in [4.78, 5) is 19.4. The van der Waals surface area contributed by atoms with E-state index in [4.69, 9.17) is 0 Å². The maximum absolute atomic E-state index is 12.9. The molecule has 112 valence electrons. The lowest BCUT2D eigenvalue weighted by atomic mass is 10.0. The molecular weight excluding hydrogens is 284 g/mol. The number of hydrogen-bond donors (Lipinski definition) is 0. The molecule has 1 amide bonds.